The molecule has 1 rings (SSSR count). The van der Waals surface area contributed by atoms with Crippen LogP contribution < -0.4 is 5.32 Å². The number of carboxylic acids is 1. The van der Waals surface area contributed by atoms with Gasteiger partial charge in [0.25, 0.3) is 0 Å². The fourth-order valence-electron chi connectivity index (χ4n) is 2.71. The number of hydrogen-bond donors (Lipinski definition) is 2. The Morgan fingerprint density at radius 1 is 1.50 bits per heavy atom. The number of rotatable bonds is 7. The van der Waals surface area contributed by atoms with Crippen molar-refractivity contribution in [2.75, 3.05) is 33.2 Å². The fraction of sp³-hybridized carbons (Fsp3) is 0.929. The SMILES string of the molecule is CN1CCCC(CCNCC(C)(C)CC(=O)O)C1. The van der Waals surface area contributed by atoms with Crippen molar-refractivity contribution in [1.82, 2.24) is 10.2 Å². The molecular weight excluding hydrogens is 228 g/mol. The van der Waals surface area contributed by atoms with E-state index < -0.39 is 5.97 Å². The minimum Gasteiger partial charge on any atom is -0.481 e. The molecule has 0 radical (unpaired) electrons. The van der Waals surface area contributed by atoms with Crippen LogP contribution in [0.5, 0.6) is 0 Å². The molecule has 0 aliphatic carbocycles. The summed E-state index contributed by atoms with van der Waals surface area (Å²) in [5.74, 6) is 0.0922. The van der Waals surface area contributed by atoms with Crippen molar-refractivity contribution in [2.24, 2.45) is 11.3 Å². The molecule has 1 heterocycles. The highest BCUT2D eigenvalue weighted by molar-refractivity contribution is 5.67. The maximum absolute atomic E-state index is 10.7. The quantitative estimate of drug-likeness (QED) is 0.682. The highest BCUT2D eigenvalue weighted by atomic mass is 16.4. The van der Waals surface area contributed by atoms with E-state index in [9.17, 15) is 4.79 Å². The highest BCUT2D eigenvalue weighted by Crippen LogP contribution is 2.20. The van der Waals surface area contributed by atoms with Gasteiger partial charge in [0.2, 0.25) is 0 Å². The number of aliphatic carboxylic acids is 1. The monoisotopic (exact) mass is 256 g/mol. The Balaban J connectivity index is 2.12. The van der Waals surface area contributed by atoms with E-state index in [1.54, 1.807) is 0 Å². The zero-order valence-corrected chi connectivity index (χ0v) is 12.0. The van der Waals surface area contributed by atoms with E-state index in [-0.39, 0.29) is 11.8 Å². The molecule has 18 heavy (non-hydrogen) atoms. The van der Waals surface area contributed by atoms with E-state index in [0.717, 1.165) is 19.0 Å². The first-order valence-corrected chi connectivity index (χ1v) is 7.00. The molecule has 1 saturated heterocycles. The van der Waals surface area contributed by atoms with Crippen LogP contribution in [0.15, 0.2) is 0 Å². The van der Waals surface area contributed by atoms with Crippen LogP contribution in [-0.4, -0.2) is 49.2 Å². The molecule has 0 bridgehead atoms. The lowest BCUT2D eigenvalue weighted by Crippen LogP contribution is -2.36. The van der Waals surface area contributed by atoms with E-state index in [0.29, 0.717) is 0 Å². The third-order valence-corrected chi connectivity index (χ3v) is 3.68. The van der Waals surface area contributed by atoms with Gasteiger partial charge < -0.3 is 15.3 Å². The van der Waals surface area contributed by atoms with Crippen LogP contribution in [0, 0.1) is 11.3 Å². The van der Waals surface area contributed by atoms with Gasteiger partial charge in [-0.2, -0.15) is 0 Å². The molecule has 1 fully saturated rings. The zero-order valence-electron chi connectivity index (χ0n) is 12.0. The van der Waals surface area contributed by atoms with Crippen molar-refractivity contribution in [3.8, 4) is 0 Å². The summed E-state index contributed by atoms with van der Waals surface area (Å²) in [5.41, 5.74) is -0.158. The minimum atomic E-state index is -0.712. The molecule has 4 heteroatoms. The van der Waals surface area contributed by atoms with Gasteiger partial charge in [-0.25, -0.2) is 0 Å². The van der Waals surface area contributed by atoms with Gasteiger partial charge in [0.05, 0.1) is 6.42 Å². The van der Waals surface area contributed by atoms with Crippen molar-refractivity contribution in [2.45, 2.75) is 39.5 Å². The molecule has 4 nitrogen and oxygen atoms in total. The molecule has 0 spiro atoms. The fourth-order valence-corrected chi connectivity index (χ4v) is 2.71. The second-order valence-electron chi connectivity index (χ2n) is 6.47. The largest absolute Gasteiger partial charge is 0.481 e. The van der Waals surface area contributed by atoms with E-state index in [2.05, 4.69) is 17.3 Å². The molecule has 1 aliphatic rings. The van der Waals surface area contributed by atoms with Gasteiger partial charge >= 0.3 is 5.97 Å². The topological polar surface area (TPSA) is 52.6 Å². The number of carboxylic acid groups (broad SMARTS) is 1. The lowest BCUT2D eigenvalue weighted by atomic mass is 9.89. The summed E-state index contributed by atoms with van der Waals surface area (Å²) < 4.78 is 0. The first-order chi connectivity index (χ1) is 8.39. The van der Waals surface area contributed by atoms with Crippen LogP contribution >= 0.6 is 0 Å². The average Bonchev–Trinajstić information content (AvgIpc) is 2.23. The van der Waals surface area contributed by atoms with Crippen molar-refractivity contribution in [1.29, 1.82) is 0 Å². The van der Waals surface area contributed by atoms with Crippen molar-refractivity contribution >= 4 is 5.97 Å². The Morgan fingerprint density at radius 2 is 2.22 bits per heavy atom. The van der Waals surface area contributed by atoms with Crippen molar-refractivity contribution in [3.05, 3.63) is 0 Å². The van der Waals surface area contributed by atoms with E-state index in [1.807, 2.05) is 13.8 Å². The van der Waals surface area contributed by atoms with E-state index in [1.165, 1.54) is 32.4 Å². The van der Waals surface area contributed by atoms with E-state index >= 15 is 0 Å². The van der Waals surface area contributed by atoms with Gasteiger partial charge in [-0.05, 0) is 50.7 Å². The number of piperidine rings is 1. The smallest absolute Gasteiger partial charge is 0.303 e. The Hall–Kier alpha value is -0.610. The van der Waals surface area contributed by atoms with Crippen LogP contribution in [0.25, 0.3) is 0 Å². The van der Waals surface area contributed by atoms with Crippen molar-refractivity contribution in [3.63, 3.8) is 0 Å². The zero-order chi connectivity index (χ0) is 13.6. The maximum Gasteiger partial charge on any atom is 0.303 e. The maximum atomic E-state index is 10.7. The lowest BCUT2D eigenvalue weighted by Gasteiger charge is -2.30. The summed E-state index contributed by atoms with van der Waals surface area (Å²) in [6.45, 7) is 8.23. The molecule has 106 valence electrons. The predicted octanol–water partition coefficient (Wildman–Crippen LogP) is 1.81. The number of hydrogen-bond acceptors (Lipinski definition) is 3. The first kappa shape index (κ1) is 15.4. The molecule has 0 aromatic heterocycles. The third kappa shape index (κ3) is 6.36. The normalized spacial score (nSPS) is 22.1. The van der Waals surface area contributed by atoms with Gasteiger partial charge in [0.1, 0.15) is 0 Å². The number of nitrogens with zero attached hydrogens (tertiary/aromatic N) is 1. The van der Waals surface area contributed by atoms with Gasteiger partial charge in [0, 0.05) is 13.1 Å². The summed E-state index contributed by atoms with van der Waals surface area (Å²) in [4.78, 5) is 13.1. The summed E-state index contributed by atoms with van der Waals surface area (Å²) >= 11 is 0. The number of carbonyl (C=O) groups is 1. The molecule has 0 aromatic rings. The summed E-state index contributed by atoms with van der Waals surface area (Å²) in [6, 6.07) is 0. The molecule has 1 unspecified atom stereocenters. The van der Waals surface area contributed by atoms with Crippen LogP contribution in [0.3, 0.4) is 0 Å². The molecule has 0 saturated carbocycles. The highest BCUT2D eigenvalue weighted by Gasteiger charge is 2.21. The summed E-state index contributed by atoms with van der Waals surface area (Å²) in [7, 11) is 2.19. The third-order valence-electron chi connectivity index (χ3n) is 3.68. The van der Waals surface area contributed by atoms with Gasteiger partial charge in [-0.3, -0.25) is 4.79 Å². The molecular formula is C14H28N2O2. The molecule has 1 aliphatic heterocycles. The Bertz CT molecular complexity index is 267. The Kier molecular flexibility index (Phi) is 6.09. The van der Waals surface area contributed by atoms with Crippen LogP contribution in [0.4, 0.5) is 0 Å². The Morgan fingerprint density at radius 3 is 2.83 bits per heavy atom. The van der Waals surface area contributed by atoms with Gasteiger partial charge in [-0.15, -0.1) is 0 Å². The number of likely N-dealkylation sites (tertiary alicyclic amines) is 1. The van der Waals surface area contributed by atoms with E-state index in [4.69, 9.17) is 5.11 Å². The first-order valence-electron chi connectivity index (χ1n) is 7.00. The standard InChI is InChI=1S/C14H28N2O2/c1-14(2,9-13(17)18)11-15-7-6-12-5-4-8-16(3)10-12/h12,15H,4-11H2,1-3H3,(H,17,18). The molecule has 1 atom stereocenters. The Labute approximate surface area is 111 Å². The van der Waals surface area contributed by atoms with Crippen LogP contribution in [0.2, 0.25) is 0 Å². The lowest BCUT2D eigenvalue weighted by molar-refractivity contribution is -0.139. The van der Waals surface area contributed by atoms with Crippen LogP contribution in [-0.2, 0) is 4.79 Å². The predicted molar refractivity (Wildman–Crippen MR) is 73.7 cm³/mol. The van der Waals surface area contributed by atoms with Crippen LogP contribution in [0.1, 0.15) is 39.5 Å². The number of nitrogens with one attached hydrogen (secondary N) is 1. The minimum absolute atomic E-state index is 0.158. The van der Waals surface area contributed by atoms with Crippen molar-refractivity contribution < 1.29 is 9.90 Å². The van der Waals surface area contributed by atoms with Gasteiger partial charge in [-0.1, -0.05) is 13.8 Å². The second kappa shape index (κ2) is 7.10. The van der Waals surface area contributed by atoms with Gasteiger partial charge in [0.15, 0.2) is 0 Å². The summed E-state index contributed by atoms with van der Waals surface area (Å²) in [5, 5.41) is 12.2. The second-order valence-corrected chi connectivity index (χ2v) is 6.47. The summed E-state index contributed by atoms with van der Waals surface area (Å²) in [6.07, 6.45) is 4.08. The molecule has 0 aromatic carbocycles. The molecule has 0 amide bonds. The average molecular weight is 256 g/mol. The molecule has 2 N–H and O–H groups in total.